The van der Waals surface area contributed by atoms with Crippen LogP contribution in [-0.2, 0) is 87.9 Å². The number of benzene rings is 1. The van der Waals surface area contributed by atoms with Gasteiger partial charge in [0.2, 0.25) is 94.5 Å². The van der Waals surface area contributed by atoms with Crippen LogP contribution in [-0.4, -0.2) is 261 Å². The summed E-state index contributed by atoms with van der Waals surface area (Å²) in [5.41, 5.74) is 53.6. The van der Waals surface area contributed by atoms with Crippen LogP contribution >= 0.6 is 0 Å². The number of aliphatic carboxylic acids is 1. The highest BCUT2D eigenvalue weighted by atomic mass is 16.4. The second kappa shape index (κ2) is 67.1. The Hall–Kier alpha value is -10.2. The summed E-state index contributed by atoms with van der Waals surface area (Å²) in [6.07, 6.45) is 6.98. The summed E-state index contributed by atoms with van der Waals surface area (Å²) in [6.45, 7) is 20.5. The minimum atomic E-state index is -1.39. The zero-order chi connectivity index (χ0) is 99.7. The molecule has 0 fully saturated rings. The number of unbranched alkanes of at least 4 members (excludes halogenated alkanes) is 8. The molecule has 17 atom stereocenters. The number of nitrogens with one attached hydrogen (secondary N) is 16. The number of amides is 16. The van der Waals surface area contributed by atoms with E-state index in [2.05, 4.69) is 85.1 Å². The first kappa shape index (κ1) is 120. The Balaban J connectivity index is 3.49. The highest BCUT2D eigenvalue weighted by molar-refractivity contribution is 6.01. The van der Waals surface area contributed by atoms with E-state index in [4.69, 9.17) is 51.6 Å². The Morgan fingerprint density at radius 2 is 0.402 bits per heavy atom. The lowest BCUT2D eigenvalue weighted by atomic mass is 10.00. The van der Waals surface area contributed by atoms with E-state index in [0.29, 0.717) is 116 Å². The van der Waals surface area contributed by atoms with E-state index in [-0.39, 0.29) is 97.1 Å². The van der Waals surface area contributed by atoms with Crippen molar-refractivity contribution in [1.82, 2.24) is 85.1 Å². The standard InChI is InChI=1S/C89H163N25O18/c1-51(2)69(86(128)108-62(35-17-25-43-91)78(120)100-56(10)75(117)105-67(40-22-30-48-96)83(125)113-71(53(5)6)88(130)110-64(37-19-27-45-93)80(122)102-58(12)89(131)132)111-81(123)65(38-20-28-46-94)103-73(115)55(9)99-77(119)61(34-16-24-42-90)107-85(127)70(52(3)4)112-82(124)66(39-21-29-47-95)104-74(116)57(11)101-79(121)63(36-18-26-44-92)109-87(129)72(54(7)8)114-84(126)68(41-23-31-49-97)106-76(118)60(98)50-59-32-14-13-15-33-59/h13-15,32-33,51-58,60-72H,16-31,34-50,90-98H2,1-12H3,(H,99,119)(H,100,120)(H,101,121)(H,102,122)(H,103,115)(H,104,116)(H,105,117)(H,106,118)(H,107,127)(H,108,128)(H,109,129)(H,110,130)(H,111,123)(H,112,124)(H,113,125)(H,114,126)(H,131,132)/t55-,56-,57-,58-,60-,61-,62-,63-,64-,65-,66-,67-,68-,69-,70-,71-,72-/m0/s1. The summed E-state index contributed by atoms with van der Waals surface area (Å²) in [4.78, 5) is 238. The summed E-state index contributed by atoms with van der Waals surface area (Å²) in [5, 5.41) is 52.2. The van der Waals surface area contributed by atoms with E-state index in [9.17, 15) is 86.6 Å². The molecule has 0 bridgehead atoms. The SMILES string of the molecule is CC(C)[C@H](NC(=O)[C@H](CCCCN)NC(=O)[C@H](C)NC(=O)[C@H](CCCCN)NC(=O)[C@@H](NC(=O)[C@H](CCCCN)NC(=O)[C@H](C)NC(=O)[C@H](CCCCN)NC(=O)[C@@H](NC(=O)[C@H](CCCCN)NC(=O)[C@H](C)NC(=O)[C@H](CCCCN)NC(=O)[C@@H](NC(=O)[C@H](CCCCN)NC(=O)[C@@H](N)Cc1ccccc1)C(C)C)C(C)C)C(C)C)C(=O)N[C@@H](CCCCN)C(=O)N[C@@H](C)C(=O)O. The van der Waals surface area contributed by atoms with Crippen LogP contribution < -0.4 is 137 Å². The Morgan fingerprint density at radius 3 is 0.583 bits per heavy atom. The zero-order valence-corrected chi connectivity index (χ0v) is 79.9. The van der Waals surface area contributed by atoms with Crippen molar-refractivity contribution in [2.24, 2.45) is 75.3 Å². The smallest absolute Gasteiger partial charge is 0.325 e. The van der Waals surface area contributed by atoms with Crippen LogP contribution in [0.3, 0.4) is 0 Å². The lowest BCUT2D eigenvalue weighted by Crippen LogP contribution is -2.61. The third-order valence-corrected chi connectivity index (χ3v) is 22.2. The molecule has 0 saturated carbocycles. The van der Waals surface area contributed by atoms with E-state index in [1.54, 1.807) is 55.4 Å². The quantitative estimate of drug-likeness (QED) is 0.0278. The third kappa shape index (κ3) is 47.0. The van der Waals surface area contributed by atoms with E-state index in [1.165, 1.54) is 27.7 Å². The Labute approximate surface area is 778 Å². The van der Waals surface area contributed by atoms with Crippen LogP contribution in [0.15, 0.2) is 30.3 Å². The van der Waals surface area contributed by atoms with E-state index < -0.39 is 227 Å². The summed E-state index contributed by atoms with van der Waals surface area (Å²) < 4.78 is 0. The third-order valence-electron chi connectivity index (χ3n) is 22.2. The Morgan fingerprint density at radius 1 is 0.227 bits per heavy atom. The molecule has 0 aliphatic heterocycles. The average Bonchev–Trinajstić information content (AvgIpc) is 0.864. The second-order valence-corrected chi connectivity index (χ2v) is 35.2. The molecule has 43 nitrogen and oxygen atoms in total. The molecule has 0 saturated heterocycles. The molecule has 1 aromatic rings. The van der Waals surface area contributed by atoms with Gasteiger partial charge in [-0.25, -0.2) is 0 Å². The van der Waals surface area contributed by atoms with Crippen LogP contribution in [0.5, 0.6) is 0 Å². The van der Waals surface area contributed by atoms with Crippen molar-refractivity contribution in [3.63, 3.8) is 0 Å². The molecule has 35 N–H and O–H groups in total. The number of hydrogen-bond donors (Lipinski definition) is 26. The van der Waals surface area contributed by atoms with Crippen molar-refractivity contribution in [1.29, 1.82) is 0 Å². The maximum Gasteiger partial charge on any atom is 0.325 e. The highest BCUT2D eigenvalue weighted by Gasteiger charge is 2.40. The Kier molecular flexibility index (Phi) is 60.9. The minimum Gasteiger partial charge on any atom is -0.480 e. The lowest BCUT2D eigenvalue weighted by Gasteiger charge is -2.29. The number of nitrogens with two attached hydrogens (primary N) is 9. The van der Waals surface area contributed by atoms with Gasteiger partial charge in [-0.05, 0) is 270 Å². The second-order valence-electron chi connectivity index (χ2n) is 35.2. The molecule has 1 rings (SSSR count). The molecule has 0 aliphatic carbocycles. The van der Waals surface area contributed by atoms with E-state index in [0.717, 1.165) is 5.56 Å². The fourth-order valence-electron chi connectivity index (χ4n) is 13.9. The number of rotatable bonds is 71. The number of carboxylic acids is 1. The van der Waals surface area contributed by atoms with Gasteiger partial charge in [0.15, 0.2) is 0 Å². The molecule has 1 aromatic carbocycles. The molecule has 0 spiro atoms. The van der Waals surface area contributed by atoms with Gasteiger partial charge in [-0.15, -0.1) is 0 Å². The fraction of sp³-hybridized carbons (Fsp3) is 0.742. The van der Waals surface area contributed by atoms with Gasteiger partial charge >= 0.3 is 5.97 Å². The van der Waals surface area contributed by atoms with Gasteiger partial charge in [-0.1, -0.05) is 85.7 Å². The average molecular weight is 1870 g/mol. The summed E-state index contributed by atoms with van der Waals surface area (Å²) in [6, 6.07) is -12.6. The maximum atomic E-state index is 14.5. The fourth-order valence-corrected chi connectivity index (χ4v) is 13.9. The van der Waals surface area contributed by atoms with Crippen molar-refractivity contribution in [2.75, 3.05) is 52.4 Å². The monoisotopic (exact) mass is 1870 g/mol. The van der Waals surface area contributed by atoms with Crippen LogP contribution in [0.1, 0.15) is 243 Å². The number of carbonyl (C=O) groups excluding carboxylic acids is 16. The van der Waals surface area contributed by atoms with Crippen molar-refractivity contribution < 1.29 is 86.6 Å². The van der Waals surface area contributed by atoms with Crippen molar-refractivity contribution in [2.45, 2.75) is 346 Å². The number of carbonyl (C=O) groups is 17. The van der Waals surface area contributed by atoms with Gasteiger partial charge in [0.25, 0.3) is 0 Å². The first-order valence-electron chi connectivity index (χ1n) is 47.0. The molecule has 0 aliphatic rings. The van der Waals surface area contributed by atoms with Gasteiger partial charge in [0.1, 0.15) is 96.7 Å². The van der Waals surface area contributed by atoms with Crippen LogP contribution in [0, 0.1) is 23.7 Å². The largest absolute Gasteiger partial charge is 0.480 e. The molecule has 0 heterocycles. The predicted molar refractivity (Wildman–Crippen MR) is 502 cm³/mol. The molecule has 132 heavy (non-hydrogen) atoms. The van der Waals surface area contributed by atoms with Gasteiger partial charge in [-0.3, -0.25) is 81.5 Å². The lowest BCUT2D eigenvalue weighted by molar-refractivity contribution is -0.142. The van der Waals surface area contributed by atoms with E-state index in [1.807, 2.05) is 30.3 Å². The van der Waals surface area contributed by atoms with Gasteiger partial charge < -0.3 is 142 Å². The summed E-state index contributed by atoms with van der Waals surface area (Å²) >= 11 is 0. The van der Waals surface area contributed by atoms with Crippen molar-refractivity contribution >= 4 is 100 Å². The molecule has 43 heteroatoms. The van der Waals surface area contributed by atoms with E-state index >= 15 is 0 Å². The normalized spacial score (nSPS) is 15.2. The molecule has 0 unspecified atom stereocenters. The predicted octanol–water partition coefficient (Wildman–Crippen LogP) is -3.87. The maximum absolute atomic E-state index is 14.5. The zero-order valence-electron chi connectivity index (χ0n) is 79.9. The first-order chi connectivity index (χ1) is 62.5. The van der Waals surface area contributed by atoms with Crippen molar-refractivity contribution in [3.05, 3.63) is 35.9 Å². The summed E-state index contributed by atoms with van der Waals surface area (Å²) in [7, 11) is 0. The molecular weight excluding hydrogens is 1710 g/mol. The van der Waals surface area contributed by atoms with Gasteiger partial charge in [-0.2, -0.15) is 0 Å². The number of hydrogen-bond acceptors (Lipinski definition) is 26. The first-order valence-corrected chi connectivity index (χ1v) is 47.0. The highest BCUT2D eigenvalue weighted by Crippen LogP contribution is 2.17. The minimum absolute atomic E-state index is 0.00350. The topological polar surface area (TPSA) is 737 Å². The van der Waals surface area contributed by atoms with Gasteiger partial charge in [0.05, 0.1) is 6.04 Å². The number of carboxylic acid groups (broad SMARTS) is 1. The van der Waals surface area contributed by atoms with Gasteiger partial charge in [0, 0.05) is 0 Å². The summed E-state index contributed by atoms with van der Waals surface area (Å²) in [5.74, 6) is -16.2. The molecule has 0 aromatic heterocycles. The van der Waals surface area contributed by atoms with Crippen LogP contribution in [0.25, 0.3) is 0 Å². The van der Waals surface area contributed by atoms with Crippen LogP contribution in [0.2, 0.25) is 0 Å². The molecule has 752 valence electrons. The van der Waals surface area contributed by atoms with Crippen LogP contribution in [0.4, 0.5) is 0 Å². The molecule has 0 radical (unpaired) electrons. The Bertz CT molecular complexity index is 3710. The van der Waals surface area contributed by atoms with Crippen molar-refractivity contribution in [3.8, 4) is 0 Å². The molecular formula is C89H163N25O18. The molecule has 16 amide bonds.